The number of nitrogens with two attached hydrogens (primary N) is 1. The molecule has 2 nitrogen and oxygen atoms in total. The molecule has 0 amide bonds. The van der Waals surface area contributed by atoms with E-state index in [1.54, 1.807) is 12.3 Å². The minimum Gasteiger partial charge on any atom is -0.396 e. The molecule has 1 aliphatic rings. The van der Waals surface area contributed by atoms with Crippen molar-refractivity contribution in [3.05, 3.63) is 29.1 Å². The number of aromatic nitrogens is 1. The van der Waals surface area contributed by atoms with Crippen LogP contribution in [0.4, 0.5) is 5.69 Å². The molecule has 0 unspecified atom stereocenters. The van der Waals surface area contributed by atoms with E-state index in [2.05, 4.69) is 11.1 Å². The van der Waals surface area contributed by atoms with E-state index in [4.69, 9.17) is 17.3 Å². The maximum atomic E-state index is 5.94. The topological polar surface area (TPSA) is 38.9 Å². The van der Waals surface area contributed by atoms with E-state index in [1.165, 1.54) is 18.4 Å². The number of nitrogens with zero attached hydrogens (tertiary/aromatic N) is 1. The van der Waals surface area contributed by atoms with E-state index >= 15 is 0 Å². The molecule has 0 saturated heterocycles. The Balaban J connectivity index is 2.40. The summed E-state index contributed by atoms with van der Waals surface area (Å²) in [7, 11) is 0. The molecule has 2 N–H and O–H groups in total. The summed E-state index contributed by atoms with van der Waals surface area (Å²) >= 11 is 5.94. The summed E-state index contributed by atoms with van der Waals surface area (Å²) in [5.74, 6) is 0. The monoisotopic (exact) mass is 208 g/mol. The van der Waals surface area contributed by atoms with Crippen molar-refractivity contribution in [3.8, 4) is 0 Å². The molecule has 0 aliphatic heterocycles. The fourth-order valence-electron chi connectivity index (χ4n) is 1.76. The first-order chi connectivity index (χ1) is 6.79. The molecule has 0 fully saturated rings. The molecule has 1 aliphatic carbocycles. The Kier molecular flexibility index (Phi) is 2.73. The van der Waals surface area contributed by atoms with Crippen molar-refractivity contribution < 1.29 is 0 Å². The third-order valence-electron chi connectivity index (χ3n) is 2.53. The Bertz CT molecular complexity index is 372. The van der Waals surface area contributed by atoms with E-state index in [-0.39, 0.29) is 0 Å². The molecule has 2 rings (SSSR count). The average molecular weight is 209 g/mol. The Morgan fingerprint density at radius 3 is 2.93 bits per heavy atom. The van der Waals surface area contributed by atoms with Crippen LogP contribution in [-0.2, 0) is 0 Å². The Morgan fingerprint density at radius 1 is 1.36 bits per heavy atom. The predicted octanol–water partition coefficient (Wildman–Crippen LogP) is 3.27. The molecule has 1 heterocycles. The van der Waals surface area contributed by atoms with Crippen LogP contribution in [0.3, 0.4) is 0 Å². The Hall–Kier alpha value is -1.02. The van der Waals surface area contributed by atoms with Gasteiger partial charge in [-0.15, -0.1) is 0 Å². The highest BCUT2D eigenvalue weighted by Gasteiger charge is 2.11. The van der Waals surface area contributed by atoms with Gasteiger partial charge in [0.2, 0.25) is 0 Å². The number of anilines is 1. The molecule has 0 spiro atoms. The summed E-state index contributed by atoms with van der Waals surface area (Å²) in [5.41, 5.74) is 8.61. The number of pyridine rings is 1. The molecule has 0 saturated carbocycles. The number of rotatable bonds is 1. The SMILES string of the molecule is Nc1c(Cl)ccnc1C1=CCCCC1. The Morgan fingerprint density at radius 2 is 2.21 bits per heavy atom. The van der Waals surface area contributed by atoms with Crippen LogP contribution in [0.15, 0.2) is 18.3 Å². The summed E-state index contributed by atoms with van der Waals surface area (Å²) in [5, 5.41) is 0.599. The quantitative estimate of drug-likeness (QED) is 0.770. The summed E-state index contributed by atoms with van der Waals surface area (Å²) < 4.78 is 0. The van der Waals surface area contributed by atoms with Gasteiger partial charge in [-0.2, -0.15) is 0 Å². The number of hydrogen-bond acceptors (Lipinski definition) is 2. The lowest BCUT2D eigenvalue weighted by molar-refractivity contribution is 0.740. The van der Waals surface area contributed by atoms with Crippen molar-refractivity contribution in [2.75, 3.05) is 5.73 Å². The van der Waals surface area contributed by atoms with E-state index in [0.717, 1.165) is 18.5 Å². The second kappa shape index (κ2) is 4.01. The molecule has 1 aromatic heterocycles. The lowest BCUT2D eigenvalue weighted by atomic mass is 9.96. The standard InChI is InChI=1S/C11H13ClN2/c12-9-6-7-14-11(10(9)13)8-4-2-1-3-5-8/h4,6-7H,1-3,5,13H2. The lowest BCUT2D eigenvalue weighted by Gasteiger charge is -2.14. The predicted molar refractivity (Wildman–Crippen MR) is 60.1 cm³/mol. The molecule has 0 aromatic carbocycles. The van der Waals surface area contributed by atoms with Gasteiger partial charge >= 0.3 is 0 Å². The summed E-state index contributed by atoms with van der Waals surface area (Å²) in [4.78, 5) is 4.29. The van der Waals surface area contributed by atoms with Gasteiger partial charge in [0, 0.05) is 6.20 Å². The molecule has 74 valence electrons. The van der Waals surface area contributed by atoms with E-state index in [1.807, 2.05) is 0 Å². The van der Waals surface area contributed by atoms with Gasteiger partial charge in [0.05, 0.1) is 16.4 Å². The first-order valence-corrected chi connectivity index (χ1v) is 5.26. The lowest BCUT2D eigenvalue weighted by Crippen LogP contribution is -2.00. The van der Waals surface area contributed by atoms with Gasteiger partial charge in [-0.3, -0.25) is 4.98 Å². The van der Waals surface area contributed by atoms with Crippen LogP contribution in [0.5, 0.6) is 0 Å². The van der Waals surface area contributed by atoms with Gasteiger partial charge in [-0.25, -0.2) is 0 Å². The summed E-state index contributed by atoms with van der Waals surface area (Å²) in [6.07, 6.45) is 8.62. The second-order valence-electron chi connectivity index (χ2n) is 3.53. The van der Waals surface area contributed by atoms with Crippen LogP contribution in [0.2, 0.25) is 5.02 Å². The molecule has 14 heavy (non-hydrogen) atoms. The number of allylic oxidation sites excluding steroid dienone is 2. The normalized spacial score (nSPS) is 16.5. The molecule has 3 heteroatoms. The highest BCUT2D eigenvalue weighted by atomic mass is 35.5. The maximum Gasteiger partial charge on any atom is 0.0902 e. The van der Waals surface area contributed by atoms with Gasteiger partial charge < -0.3 is 5.73 Å². The smallest absolute Gasteiger partial charge is 0.0902 e. The number of hydrogen-bond donors (Lipinski definition) is 1. The summed E-state index contributed by atoms with van der Waals surface area (Å²) in [6.45, 7) is 0. The van der Waals surface area contributed by atoms with Gasteiger partial charge in [-0.05, 0) is 37.3 Å². The zero-order chi connectivity index (χ0) is 9.97. The third-order valence-corrected chi connectivity index (χ3v) is 2.86. The molecular weight excluding hydrogens is 196 g/mol. The first kappa shape index (κ1) is 9.53. The van der Waals surface area contributed by atoms with Crippen molar-refractivity contribution in [2.24, 2.45) is 0 Å². The average Bonchev–Trinajstić information content (AvgIpc) is 2.23. The maximum absolute atomic E-state index is 5.94. The van der Waals surface area contributed by atoms with Gasteiger partial charge in [0.1, 0.15) is 0 Å². The van der Waals surface area contributed by atoms with Crippen molar-refractivity contribution in [1.29, 1.82) is 0 Å². The minimum atomic E-state index is 0.599. The summed E-state index contributed by atoms with van der Waals surface area (Å²) in [6, 6.07) is 1.73. The highest BCUT2D eigenvalue weighted by molar-refractivity contribution is 6.33. The zero-order valence-electron chi connectivity index (χ0n) is 7.96. The van der Waals surface area contributed by atoms with Gasteiger partial charge in [0.25, 0.3) is 0 Å². The third kappa shape index (κ3) is 1.75. The van der Waals surface area contributed by atoms with E-state index in [0.29, 0.717) is 10.7 Å². The molecule has 0 atom stereocenters. The van der Waals surface area contributed by atoms with Crippen molar-refractivity contribution in [2.45, 2.75) is 25.7 Å². The van der Waals surface area contributed by atoms with Crippen LogP contribution in [0.25, 0.3) is 5.57 Å². The molecule has 0 bridgehead atoms. The number of halogens is 1. The van der Waals surface area contributed by atoms with Crippen LogP contribution in [0, 0.1) is 0 Å². The van der Waals surface area contributed by atoms with Crippen molar-refractivity contribution >= 4 is 22.9 Å². The largest absolute Gasteiger partial charge is 0.396 e. The Labute approximate surface area is 88.8 Å². The zero-order valence-corrected chi connectivity index (χ0v) is 8.72. The molecular formula is C11H13ClN2. The van der Waals surface area contributed by atoms with E-state index in [9.17, 15) is 0 Å². The second-order valence-corrected chi connectivity index (χ2v) is 3.94. The van der Waals surface area contributed by atoms with Gasteiger partial charge in [0.15, 0.2) is 0 Å². The fraction of sp³-hybridized carbons (Fsp3) is 0.364. The van der Waals surface area contributed by atoms with Crippen LogP contribution in [-0.4, -0.2) is 4.98 Å². The van der Waals surface area contributed by atoms with Crippen LogP contribution >= 0.6 is 11.6 Å². The first-order valence-electron chi connectivity index (χ1n) is 4.88. The van der Waals surface area contributed by atoms with E-state index < -0.39 is 0 Å². The fourth-order valence-corrected chi connectivity index (χ4v) is 1.90. The minimum absolute atomic E-state index is 0.599. The molecule has 0 radical (unpaired) electrons. The number of nitrogen functional groups attached to an aromatic ring is 1. The van der Waals surface area contributed by atoms with Crippen LogP contribution < -0.4 is 5.73 Å². The van der Waals surface area contributed by atoms with Gasteiger partial charge in [-0.1, -0.05) is 17.7 Å². The van der Waals surface area contributed by atoms with Crippen molar-refractivity contribution in [1.82, 2.24) is 4.98 Å². The van der Waals surface area contributed by atoms with Crippen molar-refractivity contribution in [3.63, 3.8) is 0 Å². The molecule has 1 aromatic rings. The van der Waals surface area contributed by atoms with Crippen LogP contribution in [0.1, 0.15) is 31.4 Å². The highest BCUT2D eigenvalue weighted by Crippen LogP contribution is 2.31.